The maximum atomic E-state index is 13.2. The molecule has 1 aromatic heterocycles. The first-order valence-corrected chi connectivity index (χ1v) is 12.3. The van der Waals surface area contributed by atoms with E-state index in [0.29, 0.717) is 23.4 Å². The number of methoxy groups -OCH3 is 1. The lowest BCUT2D eigenvalue weighted by atomic mass is 10.0. The Morgan fingerprint density at radius 1 is 1.13 bits per heavy atom. The van der Waals surface area contributed by atoms with Crippen LogP contribution in [-0.4, -0.2) is 38.4 Å². The van der Waals surface area contributed by atoms with Gasteiger partial charge >= 0.3 is 0 Å². The lowest BCUT2D eigenvalue weighted by Crippen LogP contribution is -2.26. The van der Waals surface area contributed by atoms with Crippen molar-refractivity contribution in [1.29, 1.82) is 0 Å². The number of amides is 1. The lowest BCUT2D eigenvalue weighted by molar-refractivity contribution is 0.0713. The number of anilines is 1. The minimum atomic E-state index is -3.34. The molecule has 0 bridgehead atoms. The largest absolute Gasteiger partial charge is 0.497 e. The number of nitrogens with zero attached hydrogens (tertiary/aromatic N) is 2. The number of benzene rings is 2. The summed E-state index contributed by atoms with van der Waals surface area (Å²) in [5.74, 6) is 0.492. The maximum absolute atomic E-state index is 13.2. The molecule has 2 aromatic carbocycles. The van der Waals surface area contributed by atoms with Crippen molar-refractivity contribution < 1.29 is 17.9 Å². The molecule has 0 saturated carbocycles. The predicted octanol–water partition coefficient (Wildman–Crippen LogP) is 4.12. The van der Waals surface area contributed by atoms with Crippen LogP contribution in [-0.2, 0) is 10.0 Å². The van der Waals surface area contributed by atoms with Crippen LogP contribution in [0.2, 0.25) is 0 Å². The molecule has 1 aliphatic heterocycles. The van der Waals surface area contributed by atoms with Crippen molar-refractivity contribution in [2.24, 2.45) is 5.10 Å². The highest BCUT2D eigenvalue weighted by Crippen LogP contribution is 2.36. The fourth-order valence-corrected chi connectivity index (χ4v) is 4.76. The van der Waals surface area contributed by atoms with E-state index in [2.05, 4.69) is 9.82 Å². The van der Waals surface area contributed by atoms with E-state index < -0.39 is 10.0 Å². The number of ether oxygens (including phenoxy) is 1. The molecular weight excluding hydrogens is 434 g/mol. The van der Waals surface area contributed by atoms with E-state index in [1.807, 2.05) is 17.5 Å². The number of sulfonamides is 1. The van der Waals surface area contributed by atoms with Gasteiger partial charge in [-0.3, -0.25) is 9.52 Å². The first-order chi connectivity index (χ1) is 14.8. The molecule has 9 heteroatoms. The van der Waals surface area contributed by atoms with Gasteiger partial charge in [-0.15, -0.1) is 11.3 Å². The van der Waals surface area contributed by atoms with Gasteiger partial charge in [-0.1, -0.05) is 18.2 Å². The number of hydrogen-bond acceptors (Lipinski definition) is 6. The normalized spacial score (nSPS) is 16.1. The first-order valence-electron chi connectivity index (χ1n) is 9.51. The molecule has 0 spiro atoms. The Balaban J connectivity index is 1.64. The summed E-state index contributed by atoms with van der Waals surface area (Å²) >= 11 is 1.58. The third-order valence-electron chi connectivity index (χ3n) is 4.85. The number of nitrogens with one attached hydrogen (secondary N) is 1. The second kappa shape index (κ2) is 8.52. The van der Waals surface area contributed by atoms with Crippen molar-refractivity contribution in [3.8, 4) is 5.75 Å². The molecule has 0 fully saturated rings. The van der Waals surface area contributed by atoms with Crippen LogP contribution in [0.3, 0.4) is 0 Å². The van der Waals surface area contributed by atoms with Gasteiger partial charge in [0, 0.05) is 22.5 Å². The van der Waals surface area contributed by atoms with Crippen LogP contribution in [0.1, 0.15) is 33.3 Å². The van der Waals surface area contributed by atoms with Gasteiger partial charge < -0.3 is 4.74 Å². The Labute approximate surface area is 185 Å². The molecule has 7 nitrogen and oxygen atoms in total. The van der Waals surface area contributed by atoms with Crippen LogP contribution < -0.4 is 9.46 Å². The predicted molar refractivity (Wildman–Crippen MR) is 122 cm³/mol. The Hall–Kier alpha value is -3.17. The molecule has 1 N–H and O–H groups in total. The molecule has 31 heavy (non-hydrogen) atoms. The molecule has 1 aliphatic rings. The quantitative estimate of drug-likeness (QED) is 0.606. The Bertz CT molecular complexity index is 1200. The summed E-state index contributed by atoms with van der Waals surface area (Å²) in [6.07, 6.45) is 1.68. The summed E-state index contributed by atoms with van der Waals surface area (Å²) in [5.41, 5.74) is 2.61. The molecule has 1 atom stereocenters. The summed E-state index contributed by atoms with van der Waals surface area (Å²) < 4.78 is 30.5. The molecular formula is C22H21N3O4S2. The summed E-state index contributed by atoms with van der Waals surface area (Å²) in [5, 5.41) is 8.17. The average Bonchev–Trinajstić information content (AvgIpc) is 3.42. The zero-order valence-electron chi connectivity index (χ0n) is 17.0. The van der Waals surface area contributed by atoms with Crippen LogP contribution in [0.25, 0.3) is 0 Å². The molecule has 4 rings (SSSR count). The number of thiophene rings is 1. The summed E-state index contributed by atoms with van der Waals surface area (Å²) in [6, 6.07) is 17.7. The second-order valence-corrected chi connectivity index (χ2v) is 9.84. The number of rotatable bonds is 6. The van der Waals surface area contributed by atoms with Crippen molar-refractivity contribution in [1.82, 2.24) is 5.01 Å². The van der Waals surface area contributed by atoms with E-state index in [-0.39, 0.29) is 11.9 Å². The van der Waals surface area contributed by atoms with Gasteiger partial charge in [-0.05, 0) is 53.4 Å². The standard InChI is InChI=1S/C22H21N3O4S2/c1-29-18-11-7-16(8-12-18)22(26)25-20(21-4-3-13-30-21)14-19(23-25)15-5-9-17(10-6-15)24-31(2,27)28/h3-13,20,24H,14H2,1-2H3. The number of carbonyl (C=O) groups excluding carboxylic acids is 1. The van der Waals surface area contributed by atoms with Crippen LogP contribution in [0, 0.1) is 0 Å². The molecule has 1 unspecified atom stereocenters. The molecule has 2 heterocycles. The molecule has 0 aliphatic carbocycles. The molecule has 1 amide bonds. The van der Waals surface area contributed by atoms with Gasteiger partial charge in [0.2, 0.25) is 10.0 Å². The van der Waals surface area contributed by atoms with E-state index in [0.717, 1.165) is 22.4 Å². The fraction of sp³-hybridized carbons (Fsp3) is 0.182. The zero-order chi connectivity index (χ0) is 22.0. The van der Waals surface area contributed by atoms with Crippen LogP contribution >= 0.6 is 11.3 Å². The van der Waals surface area contributed by atoms with Crippen LogP contribution in [0.4, 0.5) is 5.69 Å². The van der Waals surface area contributed by atoms with E-state index in [1.54, 1.807) is 67.0 Å². The minimum absolute atomic E-state index is 0.189. The highest BCUT2D eigenvalue weighted by atomic mass is 32.2. The van der Waals surface area contributed by atoms with E-state index in [1.165, 1.54) is 5.01 Å². The van der Waals surface area contributed by atoms with Gasteiger partial charge in [0.05, 0.1) is 25.1 Å². The van der Waals surface area contributed by atoms with E-state index >= 15 is 0 Å². The highest BCUT2D eigenvalue weighted by Gasteiger charge is 2.34. The van der Waals surface area contributed by atoms with E-state index in [9.17, 15) is 13.2 Å². The number of hydrogen-bond donors (Lipinski definition) is 1. The van der Waals surface area contributed by atoms with Gasteiger partial charge in [0.25, 0.3) is 5.91 Å². The van der Waals surface area contributed by atoms with Gasteiger partial charge in [0.1, 0.15) is 5.75 Å². The summed E-state index contributed by atoms with van der Waals surface area (Å²) in [4.78, 5) is 14.3. The third kappa shape index (κ3) is 4.78. The summed E-state index contributed by atoms with van der Waals surface area (Å²) in [7, 11) is -1.76. The van der Waals surface area contributed by atoms with Crippen molar-refractivity contribution in [2.45, 2.75) is 12.5 Å². The molecule has 160 valence electrons. The van der Waals surface area contributed by atoms with Crippen LogP contribution in [0.5, 0.6) is 5.75 Å². The van der Waals surface area contributed by atoms with Gasteiger partial charge in [-0.25, -0.2) is 13.4 Å². The fourth-order valence-electron chi connectivity index (χ4n) is 3.39. The highest BCUT2D eigenvalue weighted by molar-refractivity contribution is 7.92. The monoisotopic (exact) mass is 455 g/mol. The topological polar surface area (TPSA) is 88.1 Å². The lowest BCUT2D eigenvalue weighted by Gasteiger charge is -2.20. The van der Waals surface area contributed by atoms with Crippen molar-refractivity contribution in [3.05, 3.63) is 82.0 Å². The Morgan fingerprint density at radius 3 is 2.42 bits per heavy atom. The van der Waals surface area contributed by atoms with Crippen molar-refractivity contribution in [2.75, 3.05) is 18.1 Å². The molecule has 0 saturated heterocycles. The van der Waals surface area contributed by atoms with Crippen molar-refractivity contribution in [3.63, 3.8) is 0 Å². The molecule has 0 radical (unpaired) electrons. The zero-order valence-corrected chi connectivity index (χ0v) is 18.6. The smallest absolute Gasteiger partial charge is 0.274 e. The van der Waals surface area contributed by atoms with Gasteiger partial charge in [0.15, 0.2) is 0 Å². The first kappa shape index (κ1) is 21.1. The Kier molecular flexibility index (Phi) is 5.79. The number of carbonyl (C=O) groups is 1. The average molecular weight is 456 g/mol. The third-order valence-corrected chi connectivity index (χ3v) is 6.43. The van der Waals surface area contributed by atoms with Crippen molar-refractivity contribution >= 4 is 38.7 Å². The summed E-state index contributed by atoms with van der Waals surface area (Å²) in [6.45, 7) is 0. The SMILES string of the molecule is COc1ccc(C(=O)N2N=C(c3ccc(NS(C)(=O)=O)cc3)CC2c2cccs2)cc1. The maximum Gasteiger partial charge on any atom is 0.274 e. The Morgan fingerprint density at radius 2 is 1.84 bits per heavy atom. The van der Waals surface area contributed by atoms with Gasteiger partial charge in [-0.2, -0.15) is 5.10 Å². The van der Waals surface area contributed by atoms with Crippen LogP contribution in [0.15, 0.2) is 71.1 Å². The van der Waals surface area contributed by atoms with E-state index in [4.69, 9.17) is 4.74 Å². The second-order valence-electron chi connectivity index (χ2n) is 7.11. The minimum Gasteiger partial charge on any atom is -0.497 e. The molecule has 3 aromatic rings. The number of hydrazone groups is 1.